The average molecular weight is 350 g/mol. The molecule has 0 aliphatic carbocycles. The second-order valence-electron chi connectivity index (χ2n) is 6.48. The second kappa shape index (κ2) is 7.58. The van der Waals surface area contributed by atoms with E-state index in [9.17, 15) is 0 Å². The molecule has 0 amide bonds. The summed E-state index contributed by atoms with van der Waals surface area (Å²) in [6, 6.07) is 14.1. The summed E-state index contributed by atoms with van der Waals surface area (Å²) in [4.78, 5) is 6.83. The van der Waals surface area contributed by atoms with Gasteiger partial charge in [0, 0.05) is 45.0 Å². The molecular formula is C19H22N6O. The Hall–Kier alpha value is -2.85. The van der Waals surface area contributed by atoms with E-state index in [4.69, 9.17) is 10.00 Å². The zero-order valence-electron chi connectivity index (χ0n) is 14.7. The zero-order valence-corrected chi connectivity index (χ0v) is 14.7. The van der Waals surface area contributed by atoms with E-state index >= 15 is 0 Å². The Balaban J connectivity index is 1.36. The highest BCUT2D eigenvalue weighted by Crippen LogP contribution is 2.21. The van der Waals surface area contributed by atoms with E-state index in [0.29, 0.717) is 5.56 Å². The molecule has 2 fully saturated rings. The number of morpholine rings is 1. The van der Waals surface area contributed by atoms with Crippen molar-refractivity contribution in [1.82, 2.24) is 10.2 Å². The van der Waals surface area contributed by atoms with Gasteiger partial charge in [-0.05, 0) is 36.4 Å². The van der Waals surface area contributed by atoms with Crippen LogP contribution in [0.1, 0.15) is 5.56 Å². The predicted octanol–water partition coefficient (Wildman–Crippen LogP) is 1.51. The van der Waals surface area contributed by atoms with Crippen molar-refractivity contribution in [3.05, 3.63) is 42.0 Å². The smallest absolute Gasteiger partial charge is 0.151 e. The van der Waals surface area contributed by atoms with Gasteiger partial charge in [0.15, 0.2) is 11.6 Å². The van der Waals surface area contributed by atoms with E-state index < -0.39 is 0 Å². The molecule has 1 aromatic heterocycles. The number of rotatable bonds is 3. The lowest BCUT2D eigenvalue weighted by Crippen LogP contribution is -2.47. The number of benzene rings is 1. The van der Waals surface area contributed by atoms with Crippen LogP contribution >= 0.6 is 0 Å². The highest BCUT2D eigenvalue weighted by atomic mass is 16.5. The molecule has 0 unspecified atom stereocenters. The van der Waals surface area contributed by atoms with Gasteiger partial charge in [0.1, 0.15) is 0 Å². The van der Waals surface area contributed by atoms with E-state index in [1.807, 2.05) is 24.3 Å². The van der Waals surface area contributed by atoms with Crippen LogP contribution in [0.4, 0.5) is 17.3 Å². The SMILES string of the molecule is N#Cc1ccc(N2CCN(c3ccc(N4CCOCC4)nn3)CC2)cc1. The van der Waals surface area contributed by atoms with Crippen LogP contribution in [0.2, 0.25) is 0 Å². The molecule has 4 rings (SSSR count). The molecule has 0 bridgehead atoms. The monoisotopic (exact) mass is 350 g/mol. The number of hydrogen-bond acceptors (Lipinski definition) is 7. The minimum Gasteiger partial charge on any atom is -0.378 e. The van der Waals surface area contributed by atoms with Crippen LogP contribution in [0.5, 0.6) is 0 Å². The lowest BCUT2D eigenvalue weighted by atomic mass is 10.2. The van der Waals surface area contributed by atoms with E-state index in [1.165, 1.54) is 0 Å². The minimum absolute atomic E-state index is 0.697. The number of hydrogen-bond donors (Lipinski definition) is 0. The first kappa shape index (κ1) is 16.6. The molecule has 0 spiro atoms. The largest absolute Gasteiger partial charge is 0.378 e. The molecule has 1 aromatic carbocycles. The van der Waals surface area contributed by atoms with Gasteiger partial charge in [-0.25, -0.2) is 0 Å². The van der Waals surface area contributed by atoms with Crippen molar-refractivity contribution in [2.45, 2.75) is 0 Å². The van der Waals surface area contributed by atoms with E-state index in [2.05, 4.69) is 43.1 Å². The molecule has 0 atom stereocenters. The molecule has 3 heterocycles. The lowest BCUT2D eigenvalue weighted by molar-refractivity contribution is 0.122. The van der Waals surface area contributed by atoms with Gasteiger partial charge < -0.3 is 19.4 Å². The molecule has 0 saturated carbocycles. The topological polar surface area (TPSA) is 68.5 Å². The fourth-order valence-corrected chi connectivity index (χ4v) is 3.39. The van der Waals surface area contributed by atoms with Crippen molar-refractivity contribution in [2.75, 3.05) is 67.2 Å². The Labute approximate surface area is 153 Å². The zero-order chi connectivity index (χ0) is 17.8. The van der Waals surface area contributed by atoms with Crippen molar-refractivity contribution in [1.29, 1.82) is 5.26 Å². The van der Waals surface area contributed by atoms with Crippen molar-refractivity contribution >= 4 is 17.3 Å². The summed E-state index contributed by atoms with van der Waals surface area (Å²) in [6.45, 7) is 6.92. The number of piperazine rings is 1. The van der Waals surface area contributed by atoms with Crippen LogP contribution in [0.3, 0.4) is 0 Å². The molecular weight excluding hydrogens is 328 g/mol. The average Bonchev–Trinajstić information content (AvgIpc) is 2.75. The molecule has 7 heteroatoms. The highest BCUT2D eigenvalue weighted by molar-refractivity contribution is 5.52. The molecule has 0 N–H and O–H groups in total. The van der Waals surface area contributed by atoms with Crippen molar-refractivity contribution < 1.29 is 4.74 Å². The number of anilines is 3. The Kier molecular flexibility index (Phi) is 4.84. The number of aromatic nitrogens is 2. The molecule has 7 nitrogen and oxygen atoms in total. The van der Waals surface area contributed by atoms with Gasteiger partial charge in [-0.1, -0.05) is 0 Å². The van der Waals surface area contributed by atoms with Gasteiger partial charge in [0.2, 0.25) is 0 Å². The third kappa shape index (κ3) is 3.55. The van der Waals surface area contributed by atoms with Gasteiger partial charge >= 0.3 is 0 Å². The first-order chi connectivity index (χ1) is 12.8. The maximum atomic E-state index is 8.91. The maximum absolute atomic E-state index is 8.91. The second-order valence-corrected chi connectivity index (χ2v) is 6.48. The summed E-state index contributed by atoms with van der Waals surface area (Å²) in [5, 5.41) is 17.8. The van der Waals surface area contributed by atoms with Gasteiger partial charge in [-0.2, -0.15) is 5.26 Å². The molecule has 0 radical (unpaired) electrons. The summed E-state index contributed by atoms with van der Waals surface area (Å²) >= 11 is 0. The molecule has 2 aliphatic rings. The fraction of sp³-hybridized carbons (Fsp3) is 0.421. The molecule has 26 heavy (non-hydrogen) atoms. The first-order valence-electron chi connectivity index (χ1n) is 9.00. The molecule has 2 aromatic rings. The number of ether oxygens (including phenoxy) is 1. The Morgan fingerprint density at radius 3 is 1.81 bits per heavy atom. The minimum atomic E-state index is 0.697. The van der Waals surface area contributed by atoms with Crippen LogP contribution in [0, 0.1) is 11.3 Å². The van der Waals surface area contributed by atoms with Gasteiger partial charge in [-0.3, -0.25) is 0 Å². The summed E-state index contributed by atoms with van der Waals surface area (Å²) in [5.41, 5.74) is 1.86. The van der Waals surface area contributed by atoms with Crippen LogP contribution < -0.4 is 14.7 Å². The van der Waals surface area contributed by atoms with Crippen LogP contribution in [-0.2, 0) is 4.74 Å². The van der Waals surface area contributed by atoms with Crippen molar-refractivity contribution in [3.8, 4) is 6.07 Å². The lowest BCUT2D eigenvalue weighted by Gasteiger charge is -2.36. The van der Waals surface area contributed by atoms with Crippen LogP contribution in [-0.4, -0.2) is 62.7 Å². The van der Waals surface area contributed by atoms with E-state index in [-0.39, 0.29) is 0 Å². The summed E-state index contributed by atoms with van der Waals surface area (Å²) in [5.74, 6) is 1.86. The van der Waals surface area contributed by atoms with Gasteiger partial charge in [0.25, 0.3) is 0 Å². The Morgan fingerprint density at radius 1 is 0.731 bits per heavy atom. The molecule has 2 aliphatic heterocycles. The van der Waals surface area contributed by atoms with E-state index in [0.717, 1.165) is 69.8 Å². The summed E-state index contributed by atoms with van der Waals surface area (Å²) < 4.78 is 5.38. The Bertz CT molecular complexity index is 756. The molecule has 2 saturated heterocycles. The van der Waals surface area contributed by atoms with Crippen molar-refractivity contribution in [3.63, 3.8) is 0 Å². The van der Waals surface area contributed by atoms with Crippen LogP contribution in [0.25, 0.3) is 0 Å². The third-order valence-electron chi connectivity index (χ3n) is 4.94. The first-order valence-corrected chi connectivity index (χ1v) is 9.00. The fourth-order valence-electron chi connectivity index (χ4n) is 3.39. The molecule has 134 valence electrons. The van der Waals surface area contributed by atoms with Gasteiger partial charge in [-0.15, -0.1) is 10.2 Å². The third-order valence-corrected chi connectivity index (χ3v) is 4.94. The predicted molar refractivity (Wildman–Crippen MR) is 101 cm³/mol. The normalized spacial score (nSPS) is 17.9. The standard InChI is InChI=1S/C19H22N6O/c20-15-16-1-3-17(4-2-16)23-7-9-24(10-8-23)18-5-6-19(22-21-18)25-11-13-26-14-12-25/h1-6H,7-14H2. The Morgan fingerprint density at radius 2 is 1.27 bits per heavy atom. The van der Waals surface area contributed by atoms with E-state index in [1.54, 1.807) is 0 Å². The summed E-state index contributed by atoms with van der Waals surface area (Å²) in [7, 11) is 0. The summed E-state index contributed by atoms with van der Waals surface area (Å²) in [6.07, 6.45) is 0. The van der Waals surface area contributed by atoms with Crippen LogP contribution in [0.15, 0.2) is 36.4 Å². The highest BCUT2D eigenvalue weighted by Gasteiger charge is 2.19. The number of nitrogens with zero attached hydrogens (tertiary/aromatic N) is 6. The number of nitriles is 1. The quantitative estimate of drug-likeness (QED) is 0.831. The van der Waals surface area contributed by atoms with Gasteiger partial charge in [0.05, 0.1) is 24.8 Å². The maximum Gasteiger partial charge on any atom is 0.151 e. The van der Waals surface area contributed by atoms with Crippen molar-refractivity contribution in [2.24, 2.45) is 0 Å².